The minimum absolute atomic E-state index is 0.127. The molecule has 3 rings (SSSR count). The fourth-order valence-corrected chi connectivity index (χ4v) is 3.59. The number of amides is 2. The van der Waals surface area contributed by atoms with E-state index < -0.39 is 0 Å². The number of nitrogens with zero attached hydrogens (tertiary/aromatic N) is 1. The standard InChI is InChI=1S/C18H27N3O/c22-18(20-16-8-4-5-9-16)21(17-10-12-19-13-11-17)14-15-6-2-1-3-7-15/h1-3,6-7,16-17,19H,4-5,8-14H2,(H,20,22). The van der Waals surface area contributed by atoms with Gasteiger partial charge in [0.15, 0.2) is 0 Å². The quantitative estimate of drug-likeness (QED) is 0.898. The van der Waals surface area contributed by atoms with E-state index in [1.54, 1.807) is 0 Å². The monoisotopic (exact) mass is 301 g/mol. The Bertz CT molecular complexity index is 464. The zero-order chi connectivity index (χ0) is 15.2. The number of hydrogen-bond acceptors (Lipinski definition) is 2. The van der Waals surface area contributed by atoms with Crippen LogP contribution < -0.4 is 10.6 Å². The van der Waals surface area contributed by atoms with Gasteiger partial charge in [0.1, 0.15) is 0 Å². The van der Waals surface area contributed by atoms with E-state index in [0.29, 0.717) is 18.6 Å². The summed E-state index contributed by atoms with van der Waals surface area (Å²) in [6.45, 7) is 2.73. The topological polar surface area (TPSA) is 44.4 Å². The normalized spacial score (nSPS) is 20.0. The van der Waals surface area contributed by atoms with Gasteiger partial charge >= 0.3 is 6.03 Å². The molecule has 1 aliphatic carbocycles. The van der Waals surface area contributed by atoms with E-state index in [1.807, 2.05) is 18.2 Å². The molecule has 2 N–H and O–H groups in total. The molecule has 2 amide bonds. The van der Waals surface area contributed by atoms with Crippen LogP contribution in [-0.2, 0) is 6.54 Å². The van der Waals surface area contributed by atoms with Gasteiger partial charge in [-0.2, -0.15) is 0 Å². The van der Waals surface area contributed by atoms with Gasteiger partial charge in [-0.3, -0.25) is 0 Å². The number of nitrogens with one attached hydrogen (secondary N) is 2. The summed E-state index contributed by atoms with van der Waals surface area (Å²) in [7, 11) is 0. The maximum Gasteiger partial charge on any atom is 0.318 e. The lowest BCUT2D eigenvalue weighted by Crippen LogP contribution is -2.51. The second kappa shape index (κ2) is 7.63. The van der Waals surface area contributed by atoms with Crippen LogP contribution in [0.3, 0.4) is 0 Å². The number of urea groups is 1. The average molecular weight is 301 g/mol. The summed E-state index contributed by atoms with van der Waals surface area (Å²) in [5.41, 5.74) is 1.21. The Morgan fingerprint density at radius 3 is 2.45 bits per heavy atom. The van der Waals surface area contributed by atoms with Crippen LogP contribution in [0.4, 0.5) is 4.79 Å². The van der Waals surface area contributed by atoms with Gasteiger partial charge in [0.2, 0.25) is 0 Å². The summed E-state index contributed by atoms with van der Waals surface area (Å²) in [6, 6.07) is 11.2. The Hall–Kier alpha value is -1.55. The molecule has 0 unspecified atom stereocenters. The largest absolute Gasteiger partial charge is 0.335 e. The van der Waals surface area contributed by atoms with Gasteiger partial charge in [-0.15, -0.1) is 0 Å². The molecular weight excluding hydrogens is 274 g/mol. The molecule has 2 fully saturated rings. The predicted molar refractivity (Wildman–Crippen MR) is 88.7 cm³/mol. The Kier molecular flexibility index (Phi) is 5.33. The van der Waals surface area contributed by atoms with Crippen molar-refractivity contribution < 1.29 is 4.79 Å². The zero-order valence-corrected chi connectivity index (χ0v) is 13.3. The number of benzene rings is 1. The van der Waals surface area contributed by atoms with Gasteiger partial charge < -0.3 is 15.5 Å². The van der Waals surface area contributed by atoms with Crippen LogP contribution in [0.1, 0.15) is 44.1 Å². The van der Waals surface area contributed by atoms with E-state index in [-0.39, 0.29) is 6.03 Å². The number of rotatable bonds is 4. The molecule has 1 heterocycles. The van der Waals surface area contributed by atoms with Crippen molar-refractivity contribution in [3.05, 3.63) is 35.9 Å². The lowest BCUT2D eigenvalue weighted by Gasteiger charge is -2.35. The first-order valence-electron chi connectivity index (χ1n) is 8.65. The first kappa shape index (κ1) is 15.3. The summed E-state index contributed by atoms with van der Waals surface area (Å²) in [4.78, 5) is 14.9. The molecule has 22 heavy (non-hydrogen) atoms. The Morgan fingerprint density at radius 2 is 1.77 bits per heavy atom. The fraction of sp³-hybridized carbons (Fsp3) is 0.611. The van der Waals surface area contributed by atoms with Gasteiger partial charge in [-0.05, 0) is 44.3 Å². The first-order chi connectivity index (χ1) is 10.8. The highest BCUT2D eigenvalue weighted by Crippen LogP contribution is 2.20. The Labute approximate surface area is 133 Å². The van der Waals surface area contributed by atoms with Gasteiger partial charge in [-0.1, -0.05) is 43.2 Å². The van der Waals surface area contributed by atoms with Crippen LogP contribution in [0.25, 0.3) is 0 Å². The molecule has 0 atom stereocenters. The van der Waals surface area contributed by atoms with Crippen LogP contribution in [0.5, 0.6) is 0 Å². The van der Waals surface area contributed by atoms with E-state index >= 15 is 0 Å². The molecule has 0 radical (unpaired) electrons. The Balaban J connectivity index is 1.68. The third kappa shape index (κ3) is 4.01. The van der Waals surface area contributed by atoms with E-state index in [2.05, 4.69) is 27.7 Å². The Morgan fingerprint density at radius 1 is 1.09 bits per heavy atom. The summed E-state index contributed by atoms with van der Waals surface area (Å²) in [5, 5.41) is 6.65. The van der Waals surface area contributed by atoms with Gasteiger partial charge in [-0.25, -0.2) is 4.79 Å². The van der Waals surface area contributed by atoms with E-state index in [1.165, 1.54) is 18.4 Å². The van der Waals surface area contributed by atoms with Gasteiger partial charge in [0.25, 0.3) is 0 Å². The third-order valence-electron chi connectivity index (χ3n) is 4.89. The first-order valence-corrected chi connectivity index (χ1v) is 8.65. The number of carbonyl (C=O) groups excluding carboxylic acids is 1. The lowest BCUT2D eigenvalue weighted by molar-refractivity contribution is 0.151. The van der Waals surface area contributed by atoms with Crippen LogP contribution in [0.2, 0.25) is 0 Å². The summed E-state index contributed by atoms with van der Waals surface area (Å²) >= 11 is 0. The summed E-state index contributed by atoms with van der Waals surface area (Å²) in [5.74, 6) is 0. The predicted octanol–water partition coefficient (Wildman–Crippen LogP) is 2.89. The summed E-state index contributed by atoms with van der Waals surface area (Å²) in [6.07, 6.45) is 6.86. The van der Waals surface area contributed by atoms with Crippen LogP contribution in [-0.4, -0.2) is 36.1 Å². The molecule has 1 saturated heterocycles. The van der Waals surface area contributed by atoms with E-state index in [9.17, 15) is 4.79 Å². The molecule has 2 aliphatic rings. The maximum absolute atomic E-state index is 12.8. The summed E-state index contributed by atoms with van der Waals surface area (Å²) < 4.78 is 0. The highest BCUT2D eigenvalue weighted by atomic mass is 16.2. The van der Waals surface area contributed by atoms with Crippen molar-refractivity contribution in [1.82, 2.24) is 15.5 Å². The molecule has 1 aromatic rings. The van der Waals surface area contributed by atoms with Gasteiger partial charge in [0.05, 0.1) is 0 Å². The molecule has 1 aromatic carbocycles. The van der Waals surface area contributed by atoms with Gasteiger partial charge in [0, 0.05) is 18.6 Å². The van der Waals surface area contributed by atoms with Crippen LogP contribution in [0, 0.1) is 0 Å². The van der Waals surface area contributed by atoms with E-state index in [4.69, 9.17) is 0 Å². The molecule has 120 valence electrons. The molecule has 4 nitrogen and oxygen atoms in total. The molecule has 4 heteroatoms. The second-order valence-corrected chi connectivity index (χ2v) is 6.53. The number of carbonyl (C=O) groups is 1. The lowest BCUT2D eigenvalue weighted by atomic mass is 10.0. The van der Waals surface area contributed by atoms with Crippen molar-refractivity contribution in [2.45, 2.75) is 57.2 Å². The highest BCUT2D eigenvalue weighted by molar-refractivity contribution is 5.75. The third-order valence-corrected chi connectivity index (χ3v) is 4.89. The number of piperidine rings is 1. The SMILES string of the molecule is O=C(NC1CCCC1)N(Cc1ccccc1)C1CCNCC1. The molecule has 1 aliphatic heterocycles. The van der Waals surface area contributed by atoms with Crippen LogP contribution in [0.15, 0.2) is 30.3 Å². The molecule has 0 bridgehead atoms. The minimum atomic E-state index is 0.127. The number of hydrogen-bond donors (Lipinski definition) is 2. The molecule has 0 aromatic heterocycles. The van der Waals surface area contributed by atoms with Crippen molar-refractivity contribution >= 4 is 6.03 Å². The average Bonchev–Trinajstić information content (AvgIpc) is 3.07. The fourth-order valence-electron chi connectivity index (χ4n) is 3.59. The molecule has 1 saturated carbocycles. The second-order valence-electron chi connectivity index (χ2n) is 6.53. The van der Waals surface area contributed by atoms with E-state index in [0.717, 1.165) is 38.8 Å². The maximum atomic E-state index is 12.8. The van der Waals surface area contributed by atoms with Crippen molar-refractivity contribution in [2.75, 3.05) is 13.1 Å². The molecule has 0 spiro atoms. The molecular formula is C18H27N3O. The highest BCUT2D eigenvalue weighted by Gasteiger charge is 2.27. The van der Waals surface area contributed by atoms with Crippen molar-refractivity contribution in [2.24, 2.45) is 0 Å². The van der Waals surface area contributed by atoms with Crippen LogP contribution >= 0.6 is 0 Å². The van der Waals surface area contributed by atoms with Crippen molar-refractivity contribution in [1.29, 1.82) is 0 Å². The van der Waals surface area contributed by atoms with Crippen molar-refractivity contribution in [3.8, 4) is 0 Å². The minimum Gasteiger partial charge on any atom is -0.335 e. The van der Waals surface area contributed by atoms with Crippen molar-refractivity contribution in [3.63, 3.8) is 0 Å². The smallest absolute Gasteiger partial charge is 0.318 e. The zero-order valence-electron chi connectivity index (χ0n) is 13.3.